The quantitative estimate of drug-likeness (QED) is 0.572. The van der Waals surface area contributed by atoms with Crippen LogP contribution in [-0.4, -0.2) is 17.9 Å². The topological polar surface area (TPSA) is 67.4 Å². The molecule has 5 nitrogen and oxygen atoms in total. The van der Waals surface area contributed by atoms with Gasteiger partial charge in [0, 0.05) is 22.5 Å². The lowest BCUT2D eigenvalue weighted by molar-refractivity contribution is 0.101. The van der Waals surface area contributed by atoms with Crippen molar-refractivity contribution >= 4 is 23.2 Å². The van der Waals surface area contributed by atoms with Gasteiger partial charge in [0.05, 0.1) is 6.10 Å². The zero-order valence-corrected chi connectivity index (χ0v) is 16.5. The van der Waals surface area contributed by atoms with Crippen LogP contribution in [0.5, 0.6) is 5.75 Å². The third kappa shape index (κ3) is 5.69. The van der Waals surface area contributed by atoms with Crippen molar-refractivity contribution in [2.45, 2.75) is 26.4 Å². The van der Waals surface area contributed by atoms with Gasteiger partial charge in [0.15, 0.2) is 0 Å². The minimum absolute atomic E-state index is 0.124. The Kier molecular flexibility index (Phi) is 6.63. The highest BCUT2D eigenvalue weighted by Gasteiger charge is 2.10. The summed E-state index contributed by atoms with van der Waals surface area (Å²) in [6.07, 6.45) is 1.04. The molecule has 2 amide bonds. The first kappa shape index (κ1) is 20.1. The maximum atomic E-state index is 12.5. The number of benzene rings is 3. The van der Waals surface area contributed by atoms with Gasteiger partial charge in [-0.3, -0.25) is 9.59 Å². The second kappa shape index (κ2) is 9.55. The zero-order chi connectivity index (χ0) is 20.6. The fraction of sp³-hybridized carbons (Fsp3) is 0.167. The van der Waals surface area contributed by atoms with Crippen LogP contribution in [-0.2, 0) is 0 Å². The number of hydrogen-bond donors (Lipinski definition) is 2. The Morgan fingerprint density at radius 2 is 1.41 bits per heavy atom. The number of hydrogen-bond acceptors (Lipinski definition) is 3. The number of rotatable bonds is 7. The summed E-state index contributed by atoms with van der Waals surface area (Å²) in [4.78, 5) is 25.0. The number of anilines is 2. The summed E-state index contributed by atoms with van der Waals surface area (Å²) in [6.45, 7) is 4.06. The van der Waals surface area contributed by atoms with Crippen LogP contribution in [0.15, 0.2) is 78.9 Å². The van der Waals surface area contributed by atoms with Crippen molar-refractivity contribution in [1.82, 2.24) is 0 Å². The lowest BCUT2D eigenvalue weighted by atomic mass is 10.1. The van der Waals surface area contributed by atoms with Crippen molar-refractivity contribution in [2.24, 2.45) is 0 Å². The first-order chi connectivity index (χ1) is 14.0. The maximum absolute atomic E-state index is 12.5. The fourth-order valence-corrected chi connectivity index (χ4v) is 2.67. The van der Waals surface area contributed by atoms with Gasteiger partial charge in [-0.05, 0) is 67.9 Å². The van der Waals surface area contributed by atoms with Crippen LogP contribution in [0.2, 0.25) is 0 Å². The molecule has 0 aliphatic carbocycles. The van der Waals surface area contributed by atoms with E-state index >= 15 is 0 Å². The van der Waals surface area contributed by atoms with E-state index < -0.39 is 0 Å². The summed E-state index contributed by atoms with van der Waals surface area (Å²) in [6, 6.07) is 23.1. The van der Waals surface area contributed by atoms with E-state index in [0.717, 1.165) is 12.2 Å². The highest BCUT2D eigenvalue weighted by molar-refractivity contribution is 6.07. The van der Waals surface area contributed by atoms with Gasteiger partial charge in [-0.1, -0.05) is 31.2 Å². The number of nitrogens with one attached hydrogen (secondary N) is 2. The minimum atomic E-state index is -0.249. The van der Waals surface area contributed by atoms with Gasteiger partial charge in [0.2, 0.25) is 0 Å². The molecule has 0 bridgehead atoms. The van der Waals surface area contributed by atoms with E-state index in [1.54, 1.807) is 48.5 Å². The molecule has 29 heavy (non-hydrogen) atoms. The van der Waals surface area contributed by atoms with E-state index in [1.165, 1.54) is 0 Å². The van der Waals surface area contributed by atoms with Gasteiger partial charge < -0.3 is 15.4 Å². The van der Waals surface area contributed by atoms with Crippen LogP contribution in [0.1, 0.15) is 41.0 Å². The molecular weight excluding hydrogens is 364 g/mol. The Morgan fingerprint density at radius 1 is 0.793 bits per heavy atom. The van der Waals surface area contributed by atoms with Crippen LogP contribution < -0.4 is 15.4 Å². The Balaban J connectivity index is 1.65. The summed E-state index contributed by atoms with van der Waals surface area (Å²) in [5.41, 5.74) is 2.24. The normalized spacial score (nSPS) is 11.4. The van der Waals surface area contributed by atoms with Crippen LogP contribution in [0.25, 0.3) is 0 Å². The van der Waals surface area contributed by atoms with Gasteiger partial charge in [-0.25, -0.2) is 0 Å². The lowest BCUT2D eigenvalue weighted by Crippen LogP contribution is -2.15. The van der Waals surface area contributed by atoms with Crippen molar-refractivity contribution in [2.75, 3.05) is 10.6 Å². The molecule has 3 aromatic carbocycles. The van der Waals surface area contributed by atoms with Crippen LogP contribution in [0.4, 0.5) is 11.4 Å². The molecule has 2 N–H and O–H groups in total. The van der Waals surface area contributed by atoms with E-state index in [-0.39, 0.29) is 17.9 Å². The molecule has 0 aliphatic rings. The van der Waals surface area contributed by atoms with Gasteiger partial charge in [0.1, 0.15) is 5.75 Å². The van der Waals surface area contributed by atoms with Crippen LogP contribution >= 0.6 is 0 Å². The number of ether oxygens (including phenoxy) is 1. The minimum Gasteiger partial charge on any atom is -0.491 e. The monoisotopic (exact) mass is 388 g/mol. The number of amides is 2. The molecule has 0 aliphatic heterocycles. The Hall–Kier alpha value is -3.60. The predicted molar refractivity (Wildman–Crippen MR) is 116 cm³/mol. The molecule has 0 aromatic heterocycles. The third-order valence-electron chi connectivity index (χ3n) is 4.44. The standard InChI is InChI=1S/C24H24N2O3/c1-3-17(2)29-22-14-12-18(13-15-22)23(27)26-21-11-7-8-19(16-21)24(28)25-20-9-5-4-6-10-20/h4-17H,3H2,1-2H3,(H,25,28)(H,26,27). The summed E-state index contributed by atoms with van der Waals surface area (Å²) >= 11 is 0. The second-order valence-electron chi connectivity index (χ2n) is 6.72. The van der Waals surface area contributed by atoms with Gasteiger partial charge in [0.25, 0.3) is 11.8 Å². The summed E-state index contributed by atoms with van der Waals surface area (Å²) < 4.78 is 5.73. The van der Waals surface area contributed by atoms with Crippen LogP contribution in [0.3, 0.4) is 0 Å². The summed E-state index contributed by atoms with van der Waals surface area (Å²) in [5, 5.41) is 5.66. The Bertz CT molecular complexity index is 969. The molecule has 0 saturated heterocycles. The Morgan fingerprint density at radius 3 is 2.10 bits per heavy atom. The molecule has 3 aromatic rings. The summed E-state index contributed by atoms with van der Waals surface area (Å²) in [7, 11) is 0. The molecule has 0 saturated carbocycles. The lowest BCUT2D eigenvalue weighted by Gasteiger charge is -2.13. The molecule has 148 valence electrons. The number of carbonyl (C=O) groups is 2. The van der Waals surface area contributed by atoms with E-state index in [1.807, 2.05) is 37.3 Å². The molecule has 1 unspecified atom stereocenters. The van der Waals surface area contributed by atoms with E-state index in [9.17, 15) is 9.59 Å². The zero-order valence-electron chi connectivity index (χ0n) is 16.5. The first-order valence-electron chi connectivity index (χ1n) is 9.59. The third-order valence-corrected chi connectivity index (χ3v) is 4.44. The average Bonchev–Trinajstić information content (AvgIpc) is 2.75. The van der Waals surface area contributed by atoms with E-state index in [0.29, 0.717) is 22.5 Å². The summed E-state index contributed by atoms with van der Waals surface area (Å²) in [5.74, 6) is 0.245. The molecule has 0 heterocycles. The predicted octanol–water partition coefficient (Wildman–Crippen LogP) is 5.37. The van der Waals surface area contributed by atoms with Crippen LogP contribution in [0, 0.1) is 0 Å². The smallest absolute Gasteiger partial charge is 0.255 e. The number of carbonyl (C=O) groups excluding carboxylic acids is 2. The van der Waals surface area contributed by atoms with Gasteiger partial charge in [-0.15, -0.1) is 0 Å². The maximum Gasteiger partial charge on any atom is 0.255 e. The first-order valence-corrected chi connectivity index (χ1v) is 9.59. The van der Waals surface area contributed by atoms with Crippen molar-refractivity contribution in [3.05, 3.63) is 90.0 Å². The van der Waals surface area contributed by atoms with Crippen molar-refractivity contribution in [1.29, 1.82) is 0 Å². The molecule has 0 fully saturated rings. The van der Waals surface area contributed by atoms with E-state index in [4.69, 9.17) is 4.74 Å². The fourth-order valence-electron chi connectivity index (χ4n) is 2.67. The van der Waals surface area contributed by atoms with Gasteiger partial charge in [-0.2, -0.15) is 0 Å². The van der Waals surface area contributed by atoms with Crippen molar-refractivity contribution < 1.29 is 14.3 Å². The van der Waals surface area contributed by atoms with E-state index in [2.05, 4.69) is 17.6 Å². The molecule has 0 radical (unpaired) electrons. The molecule has 0 spiro atoms. The van der Waals surface area contributed by atoms with Gasteiger partial charge >= 0.3 is 0 Å². The molecule has 3 rings (SSSR count). The van der Waals surface area contributed by atoms with Crippen molar-refractivity contribution in [3.63, 3.8) is 0 Å². The highest BCUT2D eigenvalue weighted by atomic mass is 16.5. The highest BCUT2D eigenvalue weighted by Crippen LogP contribution is 2.17. The Labute approximate surface area is 170 Å². The molecular formula is C24H24N2O3. The average molecular weight is 388 g/mol. The van der Waals surface area contributed by atoms with Crippen molar-refractivity contribution in [3.8, 4) is 5.75 Å². The SMILES string of the molecule is CCC(C)Oc1ccc(C(=O)Nc2cccc(C(=O)Nc3ccccc3)c2)cc1. The largest absolute Gasteiger partial charge is 0.491 e. The molecule has 5 heteroatoms. The molecule has 1 atom stereocenters. The number of para-hydroxylation sites is 1. The second-order valence-corrected chi connectivity index (χ2v) is 6.72.